The highest BCUT2D eigenvalue weighted by molar-refractivity contribution is 4.97. The van der Waals surface area contributed by atoms with Gasteiger partial charge in [0.15, 0.2) is 0 Å². The first-order chi connectivity index (χ1) is 14.7. The minimum atomic E-state index is -1.70. The van der Waals surface area contributed by atoms with Gasteiger partial charge in [0.25, 0.3) is 0 Å². The van der Waals surface area contributed by atoms with Crippen LogP contribution in [0.25, 0.3) is 0 Å². The van der Waals surface area contributed by atoms with Crippen LogP contribution in [0.4, 0.5) is 17.6 Å². The Kier molecular flexibility index (Phi) is 9.18. The summed E-state index contributed by atoms with van der Waals surface area (Å²) in [4.78, 5) is 0. The predicted molar refractivity (Wildman–Crippen MR) is 121 cm³/mol. The molecule has 0 radical (unpaired) electrons. The Morgan fingerprint density at radius 3 is 1.71 bits per heavy atom. The van der Waals surface area contributed by atoms with Crippen LogP contribution in [0.2, 0.25) is 0 Å². The van der Waals surface area contributed by atoms with Gasteiger partial charge >= 0.3 is 0 Å². The van der Waals surface area contributed by atoms with E-state index in [1.165, 1.54) is 25.7 Å². The molecule has 0 aromatic heterocycles. The van der Waals surface area contributed by atoms with Gasteiger partial charge in [-0.15, -0.1) is 0 Å². The van der Waals surface area contributed by atoms with E-state index in [9.17, 15) is 8.78 Å². The fourth-order valence-corrected chi connectivity index (χ4v) is 7.29. The van der Waals surface area contributed by atoms with Crippen molar-refractivity contribution < 1.29 is 17.6 Å². The molecule has 0 aromatic carbocycles. The zero-order chi connectivity index (χ0) is 22.7. The highest BCUT2D eigenvalue weighted by Crippen LogP contribution is 2.49. The van der Waals surface area contributed by atoms with E-state index in [1.807, 2.05) is 0 Å². The average Bonchev–Trinajstić information content (AvgIpc) is 2.77. The second-order valence-corrected chi connectivity index (χ2v) is 11.7. The van der Waals surface area contributed by atoms with E-state index in [2.05, 4.69) is 6.92 Å². The summed E-state index contributed by atoms with van der Waals surface area (Å²) in [5, 5.41) is 0. The molecule has 0 N–H and O–H groups in total. The first kappa shape index (κ1) is 25.3. The smallest absolute Gasteiger partial charge is 0.135 e. The van der Waals surface area contributed by atoms with Gasteiger partial charge in [-0.05, 0) is 98.7 Å². The summed E-state index contributed by atoms with van der Waals surface area (Å²) in [6, 6.07) is 0. The molecule has 3 aliphatic rings. The second kappa shape index (κ2) is 11.2. The normalized spacial score (nSPS) is 42.9. The largest absolute Gasteiger partial charge is 0.244 e. The molecule has 3 aliphatic carbocycles. The monoisotopic (exact) mass is 446 g/mol. The molecule has 3 saturated carbocycles. The molecule has 31 heavy (non-hydrogen) atoms. The number of rotatable bonds is 7. The van der Waals surface area contributed by atoms with Crippen molar-refractivity contribution in [2.24, 2.45) is 47.3 Å². The molecule has 0 nitrogen and oxygen atoms in total. The number of hydrogen-bond acceptors (Lipinski definition) is 0. The van der Waals surface area contributed by atoms with Gasteiger partial charge in [0, 0.05) is 0 Å². The molecule has 7 atom stereocenters. The van der Waals surface area contributed by atoms with Gasteiger partial charge in [-0.3, -0.25) is 0 Å². The van der Waals surface area contributed by atoms with Crippen LogP contribution in [0.1, 0.15) is 98.3 Å². The molecule has 0 heterocycles. The Morgan fingerprint density at radius 1 is 0.677 bits per heavy atom. The summed E-state index contributed by atoms with van der Waals surface area (Å²) < 4.78 is 59.7. The van der Waals surface area contributed by atoms with Crippen LogP contribution in [-0.4, -0.2) is 24.7 Å². The quantitative estimate of drug-likeness (QED) is 0.343. The molecule has 182 valence electrons. The topological polar surface area (TPSA) is 0 Å². The lowest BCUT2D eigenvalue weighted by Gasteiger charge is -2.45. The van der Waals surface area contributed by atoms with E-state index in [0.29, 0.717) is 19.3 Å². The van der Waals surface area contributed by atoms with Crippen molar-refractivity contribution in [2.75, 3.05) is 0 Å². The van der Waals surface area contributed by atoms with E-state index in [1.54, 1.807) is 20.8 Å². The van der Waals surface area contributed by atoms with E-state index in [4.69, 9.17) is 0 Å². The Hall–Kier alpha value is -0.280. The molecule has 4 heteroatoms. The maximum atomic E-state index is 15.3. The Labute approximate surface area is 188 Å². The average molecular weight is 447 g/mol. The SMILES string of the molecule is CCC(C(F)C(F)C(C)C)C1CCC(C2CCC(C3CCC(C)CC3)CC2)C(F)C1F. The second-order valence-electron chi connectivity index (χ2n) is 11.7. The fraction of sp³-hybridized carbons (Fsp3) is 1.00. The van der Waals surface area contributed by atoms with Crippen LogP contribution in [0.5, 0.6) is 0 Å². The summed E-state index contributed by atoms with van der Waals surface area (Å²) >= 11 is 0. The third-order valence-electron chi connectivity index (χ3n) is 9.48. The van der Waals surface area contributed by atoms with Gasteiger partial charge in [0.1, 0.15) is 24.7 Å². The van der Waals surface area contributed by atoms with Crippen molar-refractivity contribution in [3.8, 4) is 0 Å². The van der Waals surface area contributed by atoms with Crippen LogP contribution in [-0.2, 0) is 0 Å². The highest BCUT2D eigenvalue weighted by atomic mass is 19.2. The molecule has 3 fully saturated rings. The van der Waals surface area contributed by atoms with E-state index >= 15 is 8.78 Å². The minimum absolute atomic E-state index is 0.236. The fourth-order valence-electron chi connectivity index (χ4n) is 7.29. The van der Waals surface area contributed by atoms with Crippen LogP contribution >= 0.6 is 0 Å². The Morgan fingerprint density at radius 2 is 1.19 bits per heavy atom. The van der Waals surface area contributed by atoms with Crippen molar-refractivity contribution >= 4 is 0 Å². The molecule has 0 spiro atoms. The van der Waals surface area contributed by atoms with Gasteiger partial charge in [-0.25, -0.2) is 17.6 Å². The third-order valence-corrected chi connectivity index (χ3v) is 9.48. The Balaban J connectivity index is 1.54. The zero-order valence-electron chi connectivity index (χ0n) is 20.2. The van der Waals surface area contributed by atoms with Crippen molar-refractivity contribution in [1.29, 1.82) is 0 Å². The number of alkyl halides is 4. The Bertz CT molecular complexity index is 521. The lowest BCUT2D eigenvalue weighted by atomic mass is 9.62. The van der Waals surface area contributed by atoms with Crippen molar-refractivity contribution in [3.05, 3.63) is 0 Å². The number of hydrogen-bond donors (Lipinski definition) is 0. The number of halogens is 4. The molecule has 0 aromatic rings. The zero-order valence-corrected chi connectivity index (χ0v) is 20.2. The van der Waals surface area contributed by atoms with E-state index in [0.717, 1.165) is 43.4 Å². The maximum Gasteiger partial charge on any atom is 0.135 e. The lowest BCUT2D eigenvalue weighted by molar-refractivity contribution is -0.0566. The van der Waals surface area contributed by atoms with Gasteiger partial charge < -0.3 is 0 Å². The van der Waals surface area contributed by atoms with E-state index < -0.39 is 42.4 Å². The molecule has 0 aliphatic heterocycles. The van der Waals surface area contributed by atoms with Crippen LogP contribution in [0.3, 0.4) is 0 Å². The maximum absolute atomic E-state index is 15.3. The molecule has 7 unspecified atom stereocenters. The highest BCUT2D eigenvalue weighted by Gasteiger charge is 2.49. The van der Waals surface area contributed by atoms with Crippen LogP contribution < -0.4 is 0 Å². The molecular weight excluding hydrogens is 400 g/mol. The summed E-state index contributed by atoms with van der Waals surface area (Å²) in [5.41, 5.74) is 0. The third kappa shape index (κ3) is 5.81. The van der Waals surface area contributed by atoms with Crippen molar-refractivity contribution in [2.45, 2.75) is 123 Å². The van der Waals surface area contributed by atoms with Gasteiger partial charge in [0.05, 0.1) is 0 Å². The summed E-state index contributed by atoms with van der Waals surface area (Å²) in [5.74, 6) is 0.639. The van der Waals surface area contributed by atoms with Crippen LogP contribution in [0.15, 0.2) is 0 Å². The van der Waals surface area contributed by atoms with E-state index in [-0.39, 0.29) is 11.8 Å². The first-order valence-electron chi connectivity index (χ1n) is 13.3. The lowest BCUT2D eigenvalue weighted by Crippen LogP contribution is -2.47. The summed E-state index contributed by atoms with van der Waals surface area (Å²) in [6.07, 6.45) is 4.73. The standard InChI is InChI=1S/C27H46F4/c1-5-21(25(29)24(28)16(2)3)23-15-14-22(26(30)27(23)31)20-12-10-19(11-13-20)18-8-6-17(4)7-9-18/h16-27H,5-15H2,1-4H3. The molecule has 0 amide bonds. The first-order valence-corrected chi connectivity index (χ1v) is 13.3. The van der Waals surface area contributed by atoms with Gasteiger partial charge in [-0.2, -0.15) is 0 Å². The van der Waals surface area contributed by atoms with Crippen molar-refractivity contribution in [3.63, 3.8) is 0 Å². The molecular formula is C27H46F4. The van der Waals surface area contributed by atoms with Crippen LogP contribution in [0, 0.1) is 47.3 Å². The predicted octanol–water partition coefficient (Wildman–Crippen LogP) is 8.68. The minimum Gasteiger partial charge on any atom is -0.244 e. The molecule has 0 bridgehead atoms. The van der Waals surface area contributed by atoms with Crippen molar-refractivity contribution in [1.82, 2.24) is 0 Å². The summed E-state index contributed by atoms with van der Waals surface area (Å²) in [6.45, 7) is 7.43. The summed E-state index contributed by atoms with van der Waals surface area (Å²) in [7, 11) is 0. The molecule has 3 rings (SSSR count). The van der Waals surface area contributed by atoms with Gasteiger partial charge in [-0.1, -0.05) is 47.0 Å². The van der Waals surface area contributed by atoms with Gasteiger partial charge in [0.2, 0.25) is 0 Å². The molecule has 0 saturated heterocycles.